The number of hydrogen-bond acceptors (Lipinski definition) is 2. The number of rotatable bonds is 2. The minimum atomic E-state index is -0.0625. The number of carbonyl (C=O) groups excluding carboxylic acids is 1. The molecule has 0 unspecified atom stereocenters. The van der Waals surface area contributed by atoms with Crippen molar-refractivity contribution in [3.8, 4) is 0 Å². The third-order valence-corrected chi connectivity index (χ3v) is 0.453. The van der Waals surface area contributed by atoms with Crippen LogP contribution in [0.1, 0.15) is 13.3 Å². The average Bonchev–Trinajstić information content (AvgIpc) is 1.27. The van der Waals surface area contributed by atoms with E-state index in [9.17, 15) is 4.79 Å². The van der Waals surface area contributed by atoms with E-state index in [0.717, 1.165) is 0 Å². The summed E-state index contributed by atoms with van der Waals surface area (Å²) in [6.07, 6.45) is 0.0833. The van der Waals surface area contributed by atoms with Crippen LogP contribution in [0.3, 0.4) is 0 Å². The normalized spacial score (nSPS) is 8.14. The van der Waals surface area contributed by atoms with Gasteiger partial charge in [0.15, 0.2) is 0 Å². The van der Waals surface area contributed by atoms with Gasteiger partial charge < -0.3 is 5.11 Å². The van der Waals surface area contributed by atoms with Crippen LogP contribution in [0.5, 0.6) is 0 Å². The Balaban J connectivity index is 3.32. The Morgan fingerprint density at radius 3 is 2.29 bits per heavy atom. The number of carbonyl (C=O) groups is 1. The van der Waals surface area contributed by atoms with E-state index in [4.69, 9.17) is 5.11 Å². The van der Waals surface area contributed by atoms with Crippen LogP contribution >= 0.6 is 0 Å². The molecule has 2 heteroatoms. The van der Waals surface area contributed by atoms with E-state index in [2.05, 4.69) is 6.58 Å². The van der Waals surface area contributed by atoms with Gasteiger partial charge >= 0.3 is 0 Å². The van der Waals surface area contributed by atoms with Crippen molar-refractivity contribution in [2.24, 2.45) is 0 Å². The Bertz CT molecular complexity index is 82.3. The van der Waals surface area contributed by atoms with Gasteiger partial charge in [-0.3, -0.25) is 4.79 Å². The van der Waals surface area contributed by atoms with Crippen molar-refractivity contribution in [1.82, 2.24) is 0 Å². The van der Waals surface area contributed by atoms with Gasteiger partial charge in [0.2, 0.25) is 0 Å². The summed E-state index contributed by atoms with van der Waals surface area (Å²) >= 11 is 0. The predicted molar refractivity (Wildman–Crippen MR) is 27.1 cm³/mol. The maximum atomic E-state index is 10.0. The summed E-state index contributed by atoms with van der Waals surface area (Å²) in [5.74, 6) is -0.125. The van der Waals surface area contributed by atoms with Crippen LogP contribution in [-0.4, -0.2) is 10.9 Å². The first-order valence-corrected chi connectivity index (χ1v) is 1.99. The van der Waals surface area contributed by atoms with Gasteiger partial charge in [0.1, 0.15) is 5.78 Å². The molecule has 1 N–H and O–H groups in total. The average molecular weight is 100 g/mol. The van der Waals surface area contributed by atoms with E-state index >= 15 is 0 Å². The molecule has 0 aliphatic heterocycles. The fraction of sp³-hybridized carbons (Fsp3) is 0.400. The highest BCUT2D eigenvalue weighted by Crippen LogP contribution is 1.89. The molecule has 0 rings (SSSR count). The quantitative estimate of drug-likeness (QED) is 0.526. The molecule has 7 heavy (non-hydrogen) atoms. The molecular formula is C5H8O2. The van der Waals surface area contributed by atoms with E-state index in [1.807, 2.05) is 0 Å². The summed E-state index contributed by atoms with van der Waals surface area (Å²) in [7, 11) is 0. The molecule has 0 fully saturated rings. The maximum Gasteiger partial charge on any atom is 0.137 e. The van der Waals surface area contributed by atoms with Crippen molar-refractivity contribution in [2.75, 3.05) is 0 Å². The molecule has 0 aliphatic carbocycles. The second kappa shape index (κ2) is 2.39. The summed E-state index contributed by atoms with van der Waals surface area (Å²) in [4.78, 5) is 10.0. The molecule has 0 heterocycles. The van der Waals surface area contributed by atoms with E-state index < -0.39 is 0 Å². The van der Waals surface area contributed by atoms with Crippen LogP contribution in [0.15, 0.2) is 12.3 Å². The molecule has 0 aromatic rings. The summed E-state index contributed by atoms with van der Waals surface area (Å²) in [5.41, 5.74) is 0. The number of allylic oxidation sites excluding steroid dienone is 1. The Hall–Kier alpha value is -0.790. The van der Waals surface area contributed by atoms with Crippen molar-refractivity contribution >= 4 is 5.78 Å². The van der Waals surface area contributed by atoms with Crippen LogP contribution in [0, 0.1) is 0 Å². The van der Waals surface area contributed by atoms with Crippen LogP contribution in [-0.2, 0) is 4.79 Å². The van der Waals surface area contributed by atoms with Crippen molar-refractivity contribution < 1.29 is 9.90 Å². The van der Waals surface area contributed by atoms with E-state index in [-0.39, 0.29) is 18.0 Å². The Kier molecular flexibility index (Phi) is 2.12. The molecule has 0 bridgehead atoms. The number of aliphatic hydroxyl groups is 1. The second-order valence-electron chi connectivity index (χ2n) is 1.45. The van der Waals surface area contributed by atoms with Gasteiger partial charge in [-0.1, -0.05) is 6.58 Å². The molecule has 0 spiro atoms. The zero-order valence-corrected chi connectivity index (χ0v) is 4.27. The molecular weight excluding hydrogens is 92.1 g/mol. The molecule has 0 aromatic heterocycles. The van der Waals surface area contributed by atoms with E-state index in [1.165, 1.54) is 6.92 Å². The highest BCUT2D eigenvalue weighted by atomic mass is 16.3. The Labute approximate surface area is 42.5 Å². The monoisotopic (exact) mass is 100 g/mol. The van der Waals surface area contributed by atoms with Crippen LogP contribution < -0.4 is 0 Å². The zero-order valence-electron chi connectivity index (χ0n) is 4.27. The van der Waals surface area contributed by atoms with Gasteiger partial charge in [-0.25, -0.2) is 0 Å². The van der Waals surface area contributed by atoms with E-state index in [0.29, 0.717) is 0 Å². The highest BCUT2D eigenvalue weighted by Gasteiger charge is 1.91. The molecule has 40 valence electrons. The van der Waals surface area contributed by atoms with Crippen LogP contribution in [0.25, 0.3) is 0 Å². The molecule has 0 aromatic carbocycles. The highest BCUT2D eigenvalue weighted by molar-refractivity contribution is 5.77. The maximum absolute atomic E-state index is 10.0. The molecule has 0 saturated carbocycles. The SMILES string of the molecule is C=C(O)CC(C)=O. The standard InChI is InChI=1S/C5H8O2/c1-4(6)3-5(2)7/h6H,1,3H2,2H3. The molecule has 0 saturated heterocycles. The van der Waals surface area contributed by atoms with Crippen molar-refractivity contribution in [2.45, 2.75) is 13.3 Å². The first kappa shape index (κ1) is 6.21. The number of hydrogen-bond donors (Lipinski definition) is 1. The lowest BCUT2D eigenvalue weighted by atomic mass is 10.3. The summed E-state index contributed by atoms with van der Waals surface area (Å²) < 4.78 is 0. The van der Waals surface area contributed by atoms with Gasteiger partial charge in [-0.05, 0) is 6.92 Å². The zero-order chi connectivity index (χ0) is 5.86. The summed E-state index contributed by atoms with van der Waals surface area (Å²) in [5, 5.41) is 8.31. The lowest BCUT2D eigenvalue weighted by molar-refractivity contribution is -0.116. The second-order valence-corrected chi connectivity index (χ2v) is 1.45. The molecule has 2 nitrogen and oxygen atoms in total. The lowest BCUT2D eigenvalue weighted by Crippen LogP contribution is -1.89. The van der Waals surface area contributed by atoms with Crippen molar-refractivity contribution in [1.29, 1.82) is 0 Å². The predicted octanol–water partition coefficient (Wildman–Crippen LogP) is 1.04. The third-order valence-electron chi connectivity index (χ3n) is 0.453. The minimum Gasteiger partial charge on any atom is -0.512 e. The number of Topliss-reactive ketones (excluding diaryl/α,β-unsaturated/α-hetero) is 1. The number of ketones is 1. The lowest BCUT2D eigenvalue weighted by Gasteiger charge is -1.87. The topological polar surface area (TPSA) is 37.3 Å². The van der Waals surface area contributed by atoms with Gasteiger partial charge in [-0.15, -0.1) is 0 Å². The van der Waals surface area contributed by atoms with E-state index in [1.54, 1.807) is 0 Å². The van der Waals surface area contributed by atoms with Gasteiger partial charge in [-0.2, -0.15) is 0 Å². The van der Waals surface area contributed by atoms with Crippen LogP contribution in [0.2, 0.25) is 0 Å². The smallest absolute Gasteiger partial charge is 0.137 e. The van der Waals surface area contributed by atoms with Gasteiger partial charge in [0.05, 0.1) is 12.2 Å². The fourth-order valence-electron chi connectivity index (χ4n) is 0.287. The van der Waals surface area contributed by atoms with Crippen molar-refractivity contribution in [3.63, 3.8) is 0 Å². The van der Waals surface area contributed by atoms with Crippen LogP contribution in [0.4, 0.5) is 0 Å². The molecule has 0 radical (unpaired) electrons. The fourth-order valence-corrected chi connectivity index (χ4v) is 0.287. The summed E-state index contributed by atoms with van der Waals surface area (Å²) in [6.45, 7) is 4.53. The molecule has 0 amide bonds. The third kappa shape index (κ3) is 5.21. The van der Waals surface area contributed by atoms with Gasteiger partial charge in [0, 0.05) is 0 Å². The largest absolute Gasteiger partial charge is 0.512 e. The molecule has 0 atom stereocenters. The minimum absolute atomic E-state index is 0.0625. The molecule has 0 aliphatic rings. The Morgan fingerprint density at radius 1 is 1.86 bits per heavy atom. The summed E-state index contributed by atoms with van der Waals surface area (Å²) in [6, 6.07) is 0. The first-order chi connectivity index (χ1) is 3.13. The Morgan fingerprint density at radius 2 is 2.29 bits per heavy atom. The number of aliphatic hydroxyl groups excluding tert-OH is 1. The van der Waals surface area contributed by atoms with Gasteiger partial charge in [0.25, 0.3) is 0 Å². The van der Waals surface area contributed by atoms with Crippen molar-refractivity contribution in [3.05, 3.63) is 12.3 Å². The first-order valence-electron chi connectivity index (χ1n) is 1.99.